The summed E-state index contributed by atoms with van der Waals surface area (Å²) in [5.74, 6) is 0.869. The molecule has 0 aromatic heterocycles. The molecule has 1 rings (SSSR count). The van der Waals surface area contributed by atoms with Crippen LogP contribution in [0.4, 0.5) is 0 Å². The molecule has 0 heterocycles. The van der Waals surface area contributed by atoms with Crippen molar-refractivity contribution in [3.63, 3.8) is 0 Å². The summed E-state index contributed by atoms with van der Waals surface area (Å²) in [6, 6.07) is 7.82. The first-order chi connectivity index (χ1) is 7.11. The summed E-state index contributed by atoms with van der Waals surface area (Å²) in [7, 11) is 1.76. The number of hydrogen-bond acceptors (Lipinski definition) is 3. The quantitative estimate of drug-likeness (QED) is 0.558. The van der Waals surface area contributed by atoms with Crippen molar-refractivity contribution in [1.29, 1.82) is 5.26 Å². The van der Waals surface area contributed by atoms with Crippen molar-refractivity contribution in [2.24, 2.45) is 0 Å². The molecule has 3 heteroatoms. The Balaban J connectivity index is 2.61. The molecule has 0 aliphatic heterocycles. The van der Waals surface area contributed by atoms with E-state index < -0.39 is 0 Å². The second kappa shape index (κ2) is 5.26. The molecule has 0 unspecified atom stereocenters. The van der Waals surface area contributed by atoms with Crippen molar-refractivity contribution in [2.75, 3.05) is 7.05 Å². The smallest absolute Gasteiger partial charge is 0.179 e. The predicted molar refractivity (Wildman–Crippen MR) is 59.3 cm³/mol. The summed E-state index contributed by atoms with van der Waals surface area (Å²) in [4.78, 5) is 1.58. The van der Waals surface area contributed by atoms with Crippen LogP contribution in [-0.2, 0) is 6.54 Å². The summed E-state index contributed by atoms with van der Waals surface area (Å²) in [5, 5.41) is 8.62. The lowest BCUT2D eigenvalue weighted by Crippen LogP contribution is -2.10. The molecule has 15 heavy (non-hydrogen) atoms. The summed E-state index contributed by atoms with van der Waals surface area (Å²) >= 11 is 0. The van der Waals surface area contributed by atoms with Crippen LogP contribution < -0.4 is 4.74 Å². The Hall–Kier alpha value is -1.69. The maximum Gasteiger partial charge on any atom is 0.179 e. The van der Waals surface area contributed by atoms with Crippen LogP contribution in [-0.4, -0.2) is 18.1 Å². The highest BCUT2D eigenvalue weighted by molar-refractivity contribution is 5.27. The summed E-state index contributed by atoms with van der Waals surface area (Å²) in [5.41, 5.74) is 1.11. The molecule has 0 radical (unpaired) electrons. The van der Waals surface area contributed by atoms with E-state index in [1.54, 1.807) is 11.9 Å². The van der Waals surface area contributed by atoms with Gasteiger partial charge in [0.1, 0.15) is 5.75 Å². The van der Waals surface area contributed by atoms with Crippen LogP contribution in [0.1, 0.15) is 19.4 Å². The standard InChI is InChI=1S/C12H16N2O/c1-10(2)15-12-6-4-11(5-7-12)8-14(3)9-13/h4-7,10H,8H2,1-3H3. The van der Waals surface area contributed by atoms with E-state index in [0.29, 0.717) is 6.54 Å². The first kappa shape index (κ1) is 11.4. The lowest BCUT2D eigenvalue weighted by molar-refractivity contribution is 0.242. The van der Waals surface area contributed by atoms with E-state index in [4.69, 9.17) is 10.00 Å². The Morgan fingerprint density at radius 3 is 2.40 bits per heavy atom. The molecule has 1 aromatic rings. The van der Waals surface area contributed by atoms with Crippen LogP contribution in [0.5, 0.6) is 5.75 Å². The van der Waals surface area contributed by atoms with Crippen molar-refractivity contribution in [3.05, 3.63) is 29.8 Å². The first-order valence-electron chi connectivity index (χ1n) is 4.98. The summed E-state index contributed by atoms with van der Waals surface area (Å²) < 4.78 is 5.52. The number of benzene rings is 1. The predicted octanol–water partition coefficient (Wildman–Crippen LogP) is 2.39. The fourth-order valence-corrected chi connectivity index (χ4v) is 1.25. The molecule has 0 aliphatic carbocycles. The Kier molecular flexibility index (Phi) is 3.99. The van der Waals surface area contributed by atoms with Crippen LogP contribution in [0.2, 0.25) is 0 Å². The van der Waals surface area contributed by atoms with Gasteiger partial charge in [-0.15, -0.1) is 0 Å². The molecule has 0 N–H and O–H groups in total. The zero-order valence-electron chi connectivity index (χ0n) is 9.40. The van der Waals surface area contributed by atoms with E-state index >= 15 is 0 Å². The number of hydrogen-bond donors (Lipinski definition) is 0. The van der Waals surface area contributed by atoms with Gasteiger partial charge in [0.15, 0.2) is 6.19 Å². The van der Waals surface area contributed by atoms with Crippen LogP contribution in [0, 0.1) is 11.5 Å². The van der Waals surface area contributed by atoms with E-state index in [1.807, 2.05) is 38.1 Å². The van der Waals surface area contributed by atoms with Crippen LogP contribution in [0.3, 0.4) is 0 Å². The van der Waals surface area contributed by atoms with Gasteiger partial charge in [-0.1, -0.05) is 12.1 Å². The molecular formula is C12H16N2O. The Labute approximate surface area is 90.9 Å². The van der Waals surface area contributed by atoms with Gasteiger partial charge in [-0.2, -0.15) is 5.26 Å². The molecule has 0 saturated carbocycles. The average molecular weight is 204 g/mol. The third kappa shape index (κ3) is 3.90. The monoisotopic (exact) mass is 204 g/mol. The lowest BCUT2D eigenvalue weighted by Gasteiger charge is -2.11. The molecule has 1 aromatic carbocycles. The summed E-state index contributed by atoms with van der Waals surface area (Å²) in [6.45, 7) is 4.63. The number of nitriles is 1. The molecular weight excluding hydrogens is 188 g/mol. The van der Waals surface area contributed by atoms with Crippen molar-refractivity contribution < 1.29 is 4.74 Å². The molecule has 0 atom stereocenters. The zero-order valence-corrected chi connectivity index (χ0v) is 9.40. The molecule has 0 amide bonds. The van der Waals surface area contributed by atoms with Crippen molar-refractivity contribution in [1.82, 2.24) is 4.90 Å². The maximum atomic E-state index is 8.62. The third-order valence-corrected chi connectivity index (χ3v) is 1.89. The van der Waals surface area contributed by atoms with Crippen molar-refractivity contribution >= 4 is 0 Å². The molecule has 0 bridgehead atoms. The van der Waals surface area contributed by atoms with E-state index in [-0.39, 0.29) is 6.10 Å². The topological polar surface area (TPSA) is 36.3 Å². The maximum absolute atomic E-state index is 8.62. The highest BCUT2D eigenvalue weighted by atomic mass is 16.5. The van der Waals surface area contributed by atoms with E-state index in [2.05, 4.69) is 6.19 Å². The largest absolute Gasteiger partial charge is 0.491 e. The zero-order chi connectivity index (χ0) is 11.3. The third-order valence-electron chi connectivity index (χ3n) is 1.89. The van der Waals surface area contributed by atoms with Crippen LogP contribution in [0.15, 0.2) is 24.3 Å². The SMILES string of the molecule is CC(C)Oc1ccc(CN(C)C#N)cc1. The Morgan fingerprint density at radius 2 is 1.93 bits per heavy atom. The molecule has 0 aliphatic rings. The van der Waals surface area contributed by atoms with Gasteiger partial charge >= 0.3 is 0 Å². The molecule has 3 nitrogen and oxygen atoms in total. The van der Waals surface area contributed by atoms with Gasteiger partial charge in [-0.05, 0) is 31.5 Å². The van der Waals surface area contributed by atoms with Gasteiger partial charge in [-0.25, -0.2) is 0 Å². The Morgan fingerprint density at radius 1 is 1.33 bits per heavy atom. The van der Waals surface area contributed by atoms with Gasteiger partial charge in [0.25, 0.3) is 0 Å². The lowest BCUT2D eigenvalue weighted by atomic mass is 10.2. The highest BCUT2D eigenvalue weighted by Gasteiger charge is 1.99. The minimum absolute atomic E-state index is 0.192. The van der Waals surface area contributed by atoms with E-state index in [9.17, 15) is 0 Å². The fourth-order valence-electron chi connectivity index (χ4n) is 1.25. The second-order valence-electron chi connectivity index (χ2n) is 3.77. The summed E-state index contributed by atoms with van der Waals surface area (Å²) in [6.07, 6.45) is 2.25. The molecule has 0 fully saturated rings. The van der Waals surface area contributed by atoms with Crippen LogP contribution in [0.25, 0.3) is 0 Å². The molecule has 0 spiro atoms. The van der Waals surface area contributed by atoms with Gasteiger partial charge < -0.3 is 9.64 Å². The highest BCUT2D eigenvalue weighted by Crippen LogP contribution is 2.14. The number of rotatable bonds is 4. The van der Waals surface area contributed by atoms with Gasteiger partial charge in [0, 0.05) is 7.05 Å². The van der Waals surface area contributed by atoms with Crippen LogP contribution >= 0.6 is 0 Å². The molecule has 80 valence electrons. The number of nitrogens with zero attached hydrogens (tertiary/aromatic N) is 2. The van der Waals surface area contributed by atoms with Gasteiger partial charge in [-0.3, -0.25) is 0 Å². The van der Waals surface area contributed by atoms with E-state index in [1.165, 1.54) is 0 Å². The van der Waals surface area contributed by atoms with Crippen molar-refractivity contribution in [3.8, 4) is 11.9 Å². The number of ether oxygens (including phenoxy) is 1. The minimum atomic E-state index is 0.192. The first-order valence-corrected chi connectivity index (χ1v) is 4.98. The van der Waals surface area contributed by atoms with Gasteiger partial charge in [0.2, 0.25) is 0 Å². The van der Waals surface area contributed by atoms with E-state index in [0.717, 1.165) is 11.3 Å². The minimum Gasteiger partial charge on any atom is -0.491 e. The Bertz CT molecular complexity index is 338. The normalized spacial score (nSPS) is 9.80. The second-order valence-corrected chi connectivity index (χ2v) is 3.77. The molecule has 0 saturated heterocycles. The average Bonchev–Trinajstić information content (AvgIpc) is 2.20. The fraction of sp³-hybridized carbons (Fsp3) is 0.417. The van der Waals surface area contributed by atoms with Gasteiger partial charge in [0.05, 0.1) is 12.6 Å². The van der Waals surface area contributed by atoms with Crippen molar-refractivity contribution in [2.45, 2.75) is 26.5 Å².